The van der Waals surface area contributed by atoms with Crippen LogP contribution in [0.4, 0.5) is 0 Å². The van der Waals surface area contributed by atoms with Crippen LogP contribution in [0.5, 0.6) is 0 Å². The molecule has 0 N–H and O–H groups in total. The standard InChI is InChI=1S/C55H44N2O/c1-54(2)45-17-9-7-15-40(45)43-33-48-44(32-46(43)54)41-28-27-39(31-47(41)55(48)29-11-4-12-30-55)36-21-19-34(20-22-36)35-23-25-38(26-24-35)52-56-51(37-13-5-3-6-14-37)50-42-16-8-10-18-49(42)58-53(50)57-52/h3,5-10,13,15-28,31-33,37H,4,11-12,14,29-30H2,1-2H3. The fourth-order valence-electron chi connectivity index (χ4n) is 11.1. The average Bonchev–Trinajstić information content (AvgIpc) is 3.86. The molecule has 4 aliphatic rings. The monoisotopic (exact) mass is 748 g/mol. The van der Waals surface area contributed by atoms with Crippen LogP contribution in [0.15, 0.2) is 156 Å². The summed E-state index contributed by atoms with van der Waals surface area (Å²) in [6, 6.07) is 47.6. The highest BCUT2D eigenvalue weighted by molar-refractivity contribution is 6.05. The number of hydrogen-bond acceptors (Lipinski definition) is 3. The lowest BCUT2D eigenvalue weighted by Crippen LogP contribution is -2.28. The van der Waals surface area contributed by atoms with Gasteiger partial charge in [-0.1, -0.05) is 161 Å². The Morgan fingerprint density at radius 3 is 1.97 bits per heavy atom. The van der Waals surface area contributed by atoms with E-state index < -0.39 is 0 Å². The van der Waals surface area contributed by atoms with Gasteiger partial charge in [0.2, 0.25) is 5.71 Å². The highest BCUT2D eigenvalue weighted by Crippen LogP contribution is 2.60. The maximum atomic E-state index is 6.30. The summed E-state index contributed by atoms with van der Waals surface area (Å²) in [5.41, 5.74) is 20.3. The summed E-state index contributed by atoms with van der Waals surface area (Å²) in [7, 11) is 0. The highest BCUT2D eigenvalue weighted by Gasteiger charge is 2.46. The van der Waals surface area contributed by atoms with Crippen molar-refractivity contribution in [2.75, 3.05) is 0 Å². The number of benzene rings is 6. The van der Waals surface area contributed by atoms with Crippen LogP contribution in [-0.2, 0) is 10.8 Å². The third-order valence-corrected chi connectivity index (χ3v) is 14.1. The predicted molar refractivity (Wildman–Crippen MR) is 238 cm³/mol. The number of nitrogens with zero attached hydrogens (tertiary/aromatic N) is 2. The first-order chi connectivity index (χ1) is 28.5. The summed E-state index contributed by atoms with van der Waals surface area (Å²) in [5, 5.41) is 2.08. The van der Waals surface area contributed by atoms with E-state index in [1.807, 2.05) is 12.1 Å². The lowest BCUT2D eigenvalue weighted by Gasteiger charge is -2.36. The molecule has 0 radical (unpaired) electrons. The molecule has 0 aliphatic heterocycles. The molecule has 58 heavy (non-hydrogen) atoms. The van der Waals surface area contributed by atoms with Crippen LogP contribution in [0.1, 0.15) is 86.2 Å². The van der Waals surface area contributed by atoms with Crippen molar-refractivity contribution in [2.45, 2.75) is 69.1 Å². The van der Waals surface area contributed by atoms with E-state index in [9.17, 15) is 0 Å². The van der Waals surface area contributed by atoms with E-state index >= 15 is 0 Å². The Labute approximate surface area is 339 Å². The zero-order valence-electron chi connectivity index (χ0n) is 33.1. The first-order valence-electron chi connectivity index (χ1n) is 21.1. The molecule has 6 aromatic carbocycles. The second-order valence-electron chi connectivity index (χ2n) is 17.5. The minimum atomic E-state index is -0.00311. The predicted octanol–water partition coefficient (Wildman–Crippen LogP) is 14.5. The van der Waals surface area contributed by atoms with E-state index in [1.54, 1.807) is 5.56 Å². The zero-order chi connectivity index (χ0) is 38.6. The molecule has 1 atom stereocenters. The Hall–Kier alpha value is -6.32. The van der Waals surface area contributed by atoms with Crippen molar-refractivity contribution in [1.29, 1.82) is 0 Å². The van der Waals surface area contributed by atoms with Gasteiger partial charge in [-0.25, -0.2) is 4.98 Å². The van der Waals surface area contributed by atoms with Crippen LogP contribution in [0.3, 0.4) is 0 Å². The molecule has 1 fully saturated rings. The minimum absolute atomic E-state index is 0.00311. The smallest absolute Gasteiger partial charge is 0.231 e. The quantitative estimate of drug-likeness (QED) is 0.180. The Morgan fingerprint density at radius 1 is 0.552 bits per heavy atom. The van der Waals surface area contributed by atoms with Gasteiger partial charge in [0.15, 0.2) is 5.82 Å². The number of allylic oxidation sites excluding steroid dienone is 4. The largest absolute Gasteiger partial charge is 0.438 e. The molecule has 3 nitrogen and oxygen atoms in total. The third kappa shape index (κ3) is 4.92. The van der Waals surface area contributed by atoms with Gasteiger partial charge in [-0.15, -0.1) is 0 Å². The molecule has 0 saturated heterocycles. The fraction of sp³-hybridized carbons (Fsp3) is 0.200. The van der Waals surface area contributed by atoms with Crippen molar-refractivity contribution < 1.29 is 4.42 Å². The van der Waals surface area contributed by atoms with Gasteiger partial charge in [-0.2, -0.15) is 4.98 Å². The first-order valence-corrected chi connectivity index (χ1v) is 21.1. The van der Waals surface area contributed by atoms with E-state index in [1.165, 1.54) is 93.3 Å². The number of rotatable bonds is 4. The molecule has 3 heteroatoms. The van der Waals surface area contributed by atoms with E-state index in [0.717, 1.165) is 34.0 Å². The van der Waals surface area contributed by atoms with Gasteiger partial charge in [0.1, 0.15) is 5.58 Å². The van der Waals surface area contributed by atoms with Crippen LogP contribution in [0.2, 0.25) is 0 Å². The summed E-state index contributed by atoms with van der Waals surface area (Å²) < 4.78 is 6.30. The normalized spacial score (nSPS) is 18.1. The number of para-hydroxylation sites is 1. The molecule has 2 aromatic heterocycles. The Balaban J connectivity index is 0.870. The third-order valence-electron chi connectivity index (χ3n) is 14.1. The summed E-state index contributed by atoms with van der Waals surface area (Å²) in [6.07, 6.45) is 15.9. The van der Waals surface area contributed by atoms with E-state index in [4.69, 9.17) is 14.4 Å². The van der Waals surface area contributed by atoms with Gasteiger partial charge in [0.05, 0.1) is 11.1 Å². The second kappa shape index (κ2) is 12.6. The molecule has 8 aromatic rings. The summed E-state index contributed by atoms with van der Waals surface area (Å²) in [6.45, 7) is 4.80. The van der Waals surface area contributed by atoms with Gasteiger partial charge in [-0.3, -0.25) is 0 Å². The lowest BCUT2D eigenvalue weighted by molar-refractivity contribution is 0.353. The number of aromatic nitrogens is 2. The van der Waals surface area contributed by atoms with Crippen LogP contribution < -0.4 is 0 Å². The first kappa shape index (κ1) is 33.8. The van der Waals surface area contributed by atoms with Crippen molar-refractivity contribution in [2.24, 2.45) is 0 Å². The maximum absolute atomic E-state index is 6.30. The Bertz CT molecular complexity index is 3030. The zero-order valence-corrected chi connectivity index (χ0v) is 33.1. The summed E-state index contributed by atoms with van der Waals surface area (Å²) >= 11 is 0. The summed E-state index contributed by atoms with van der Waals surface area (Å²) in [4.78, 5) is 10.2. The van der Waals surface area contributed by atoms with E-state index in [-0.39, 0.29) is 16.7 Å². The van der Waals surface area contributed by atoms with Crippen LogP contribution in [0, 0.1) is 0 Å². The van der Waals surface area contributed by atoms with Crippen molar-refractivity contribution in [3.63, 3.8) is 0 Å². The number of hydrogen-bond donors (Lipinski definition) is 0. The van der Waals surface area contributed by atoms with Gasteiger partial charge in [0, 0.05) is 27.7 Å². The van der Waals surface area contributed by atoms with Crippen molar-refractivity contribution in [1.82, 2.24) is 9.97 Å². The maximum Gasteiger partial charge on any atom is 0.231 e. The molecule has 2 heterocycles. The topological polar surface area (TPSA) is 38.9 Å². The molecule has 0 amide bonds. The van der Waals surface area contributed by atoms with Crippen molar-refractivity contribution in [3.05, 3.63) is 180 Å². The van der Waals surface area contributed by atoms with Crippen LogP contribution in [-0.4, -0.2) is 9.97 Å². The molecule has 280 valence electrons. The SMILES string of the molecule is CC1(C)c2ccccc2-c2cc3c(cc21)-c1ccc(-c2ccc(-c4ccc(-c5nc(C6C=CC=CC6)c6c(n5)oc5ccccc56)cc4)cc2)cc1C31CCCCC1. The van der Waals surface area contributed by atoms with E-state index in [2.05, 4.69) is 153 Å². The molecule has 1 spiro atoms. The molecule has 12 rings (SSSR count). The van der Waals surface area contributed by atoms with Gasteiger partial charge >= 0.3 is 0 Å². The van der Waals surface area contributed by atoms with Crippen molar-refractivity contribution in [3.8, 4) is 55.9 Å². The highest BCUT2D eigenvalue weighted by atomic mass is 16.3. The molecule has 1 saturated carbocycles. The minimum Gasteiger partial charge on any atom is -0.438 e. The number of furan rings is 1. The number of fused-ring (bicyclic) bond motifs is 11. The molecule has 4 aliphatic carbocycles. The average molecular weight is 749 g/mol. The van der Waals surface area contributed by atoms with Crippen LogP contribution >= 0.6 is 0 Å². The molecule has 0 bridgehead atoms. The fourth-order valence-corrected chi connectivity index (χ4v) is 11.1. The Kier molecular flexibility index (Phi) is 7.33. The molecular weight excluding hydrogens is 705 g/mol. The van der Waals surface area contributed by atoms with E-state index in [0.29, 0.717) is 11.5 Å². The van der Waals surface area contributed by atoms with Crippen molar-refractivity contribution >= 4 is 22.1 Å². The lowest BCUT2D eigenvalue weighted by atomic mass is 9.67. The van der Waals surface area contributed by atoms with Gasteiger partial charge in [0.25, 0.3) is 0 Å². The summed E-state index contributed by atoms with van der Waals surface area (Å²) in [5.74, 6) is 0.868. The van der Waals surface area contributed by atoms with Gasteiger partial charge < -0.3 is 4.42 Å². The molecular formula is C55H44N2O. The van der Waals surface area contributed by atoms with Crippen LogP contribution in [0.25, 0.3) is 78.0 Å². The van der Waals surface area contributed by atoms with Gasteiger partial charge in [-0.05, 0) is 110 Å². The Morgan fingerprint density at radius 2 is 1.19 bits per heavy atom. The molecule has 1 unspecified atom stereocenters. The second-order valence-corrected chi connectivity index (χ2v) is 17.5.